The Labute approximate surface area is 219 Å². The largest absolute Gasteiger partial charge is 0.325 e. The summed E-state index contributed by atoms with van der Waals surface area (Å²) >= 11 is 2.81. The van der Waals surface area contributed by atoms with Gasteiger partial charge >= 0.3 is 0 Å². The molecule has 4 rings (SSSR count). The lowest BCUT2D eigenvalue weighted by atomic mass is 9.96. The van der Waals surface area contributed by atoms with E-state index < -0.39 is 0 Å². The van der Waals surface area contributed by atoms with Crippen molar-refractivity contribution >= 4 is 46.7 Å². The van der Waals surface area contributed by atoms with Crippen LogP contribution in [0.3, 0.4) is 0 Å². The van der Waals surface area contributed by atoms with E-state index in [-0.39, 0.29) is 11.8 Å². The molecule has 4 aromatic rings. The van der Waals surface area contributed by atoms with Crippen LogP contribution in [-0.4, -0.2) is 33.3 Å². The number of amides is 2. The van der Waals surface area contributed by atoms with Crippen LogP contribution in [0, 0.1) is 13.8 Å². The van der Waals surface area contributed by atoms with E-state index in [1.807, 2.05) is 86.6 Å². The van der Waals surface area contributed by atoms with Gasteiger partial charge in [-0.25, -0.2) is 9.97 Å². The topological polar surface area (TPSA) is 84.0 Å². The van der Waals surface area contributed by atoms with Gasteiger partial charge in [-0.05, 0) is 84.6 Å². The van der Waals surface area contributed by atoms with Gasteiger partial charge < -0.3 is 10.6 Å². The summed E-state index contributed by atoms with van der Waals surface area (Å²) in [6.07, 6.45) is 3.43. The number of pyridine rings is 2. The fourth-order valence-electron chi connectivity index (χ4n) is 3.63. The van der Waals surface area contributed by atoms with Gasteiger partial charge in [-0.15, -0.1) is 0 Å². The highest BCUT2D eigenvalue weighted by Gasteiger charge is 2.11. The standard InChI is InChI=1S/C28H26N4O2S2/c1-19-15-21(31-25(33)17-35-27-7-3-5-13-29-27)9-11-23(19)24-12-10-22(16-20(24)2)32-26(34)18-36-28-8-4-6-14-30-28/h3-16H,17-18H2,1-2H3,(H,31,33)(H,32,34). The summed E-state index contributed by atoms with van der Waals surface area (Å²) < 4.78 is 0. The third-order valence-electron chi connectivity index (χ3n) is 5.29. The Balaban J connectivity index is 1.35. The van der Waals surface area contributed by atoms with E-state index in [1.54, 1.807) is 12.4 Å². The third kappa shape index (κ3) is 7.19. The van der Waals surface area contributed by atoms with Gasteiger partial charge in [0.1, 0.15) is 0 Å². The van der Waals surface area contributed by atoms with Gasteiger partial charge in [0.2, 0.25) is 11.8 Å². The molecule has 0 unspecified atom stereocenters. The fourth-order valence-corrected chi connectivity index (χ4v) is 4.95. The van der Waals surface area contributed by atoms with Crippen molar-refractivity contribution in [3.63, 3.8) is 0 Å². The molecule has 0 radical (unpaired) electrons. The Morgan fingerprint density at radius 1 is 0.667 bits per heavy atom. The number of carbonyl (C=O) groups is 2. The normalized spacial score (nSPS) is 10.6. The maximum absolute atomic E-state index is 12.4. The molecule has 0 aliphatic rings. The summed E-state index contributed by atoms with van der Waals surface area (Å²) in [4.78, 5) is 33.2. The van der Waals surface area contributed by atoms with Gasteiger partial charge in [-0.1, -0.05) is 47.8 Å². The van der Waals surface area contributed by atoms with Crippen molar-refractivity contribution in [2.45, 2.75) is 23.9 Å². The Bertz CT molecular complexity index is 1240. The number of carbonyl (C=O) groups excluding carboxylic acids is 2. The van der Waals surface area contributed by atoms with Crippen LogP contribution in [0.1, 0.15) is 11.1 Å². The lowest BCUT2D eigenvalue weighted by Crippen LogP contribution is -2.14. The van der Waals surface area contributed by atoms with Gasteiger partial charge in [0, 0.05) is 23.8 Å². The average Bonchev–Trinajstić information content (AvgIpc) is 2.88. The predicted molar refractivity (Wildman–Crippen MR) is 149 cm³/mol. The minimum absolute atomic E-state index is 0.0738. The first-order valence-electron chi connectivity index (χ1n) is 11.4. The average molecular weight is 515 g/mol. The highest BCUT2D eigenvalue weighted by molar-refractivity contribution is 8.00. The highest BCUT2D eigenvalue weighted by atomic mass is 32.2. The molecule has 0 atom stereocenters. The number of rotatable bonds is 9. The van der Waals surface area contributed by atoms with E-state index in [2.05, 4.69) is 20.6 Å². The molecule has 2 aromatic heterocycles. The fraction of sp³-hybridized carbons (Fsp3) is 0.143. The first-order valence-corrected chi connectivity index (χ1v) is 13.3. The smallest absolute Gasteiger partial charge is 0.234 e. The molecular formula is C28H26N4O2S2. The Morgan fingerprint density at radius 3 is 1.47 bits per heavy atom. The SMILES string of the molecule is Cc1cc(NC(=O)CSc2ccccn2)ccc1-c1ccc(NC(=O)CSc2ccccn2)cc1C. The van der Waals surface area contributed by atoms with Crippen molar-refractivity contribution in [1.82, 2.24) is 9.97 Å². The quantitative estimate of drug-likeness (QED) is 0.258. The number of aryl methyl sites for hydroxylation is 2. The van der Waals surface area contributed by atoms with E-state index in [1.165, 1.54) is 23.5 Å². The monoisotopic (exact) mass is 514 g/mol. The van der Waals surface area contributed by atoms with Crippen molar-refractivity contribution in [1.29, 1.82) is 0 Å². The van der Waals surface area contributed by atoms with Crippen LogP contribution in [0.2, 0.25) is 0 Å². The van der Waals surface area contributed by atoms with Gasteiger partial charge in [-0.3, -0.25) is 9.59 Å². The number of nitrogens with one attached hydrogen (secondary N) is 2. The molecule has 0 spiro atoms. The number of benzene rings is 2. The Hall–Kier alpha value is -3.62. The van der Waals surface area contributed by atoms with Gasteiger partial charge in [0.05, 0.1) is 21.6 Å². The second kappa shape index (κ2) is 12.4. The van der Waals surface area contributed by atoms with Crippen molar-refractivity contribution in [3.05, 3.63) is 96.3 Å². The van der Waals surface area contributed by atoms with Crippen molar-refractivity contribution in [3.8, 4) is 11.1 Å². The maximum Gasteiger partial charge on any atom is 0.234 e. The van der Waals surface area contributed by atoms with Crippen LogP contribution in [0.5, 0.6) is 0 Å². The van der Waals surface area contributed by atoms with Crippen LogP contribution >= 0.6 is 23.5 Å². The lowest BCUT2D eigenvalue weighted by molar-refractivity contribution is -0.114. The summed E-state index contributed by atoms with van der Waals surface area (Å²) in [5, 5.41) is 7.56. The second-order valence-corrected chi connectivity index (χ2v) is 10.1. The summed E-state index contributed by atoms with van der Waals surface area (Å²) in [5.74, 6) is 0.445. The molecule has 0 saturated heterocycles. The first kappa shape index (κ1) is 25.5. The van der Waals surface area contributed by atoms with Crippen LogP contribution < -0.4 is 10.6 Å². The lowest BCUT2D eigenvalue weighted by Gasteiger charge is -2.14. The van der Waals surface area contributed by atoms with Gasteiger partial charge in [-0.2, -0.15) is 0 Å². The molecule has 0 fully saturated rings. The molecule has 0 aliphatic carbocycles. The molecule has 0 aliphatic heterocycles. The van der Waals surface area contributed by atoms with Crippen LogP contribution in [0.4, 0.5) is 11.4 Å². The molecule has 0 bridgehead atoms. The second-order valence-electron chi connectivity index (χ2n) is 8.07. The Morgan fingerprint density at radius 2 is 1.11 bits per heavy atom. The van der Waals surface area contributed by atoms with E-state index in [0.717, 1.165) is 43.7 Å². The van der Waals surface area contributed by atoms with Gasteiger partial charge in [0.15, 0.2) is 0 Å². The number of nitrogens with zero attached hydrogens (tertiary/aromatic N) is 2. The van der Waals surface area contributed by atoms with Crippen molar-refractivity contribution < 1.29 is 9.59 Å². The van der Waals surface area contributed by atoms with Crippen LogP contribution in [-0.2, 0) is 9.59 Å². The minimum atomic E-state index is -0.0738. The number of aromatic nitrogens is 2. The zero-order valence-electron chi connectivity index (χ0n) is 20.0. The molecular weight excluding hydrogens is 488 g/mol. The number of hydrogen-bond donors (Lipinski definition) is 2. The molecule has 8 heteroatoms. The molecule has 0 saturated carbocycles. The van der Waals surface area contributed by atoms with Crippen molar-refractivity contribution in [2.24, 2.45) is 0 Å². The molecule has 36 heavy (non-hydrogen) atoms. The van der Waals surface area contributed by atoms with E-state index >= 15 is 0 Å². The summed E-state index contributed by atoms with van der Waals surface area (Å²) in [6.45, 7) is 4.05. The molecule has 6 nitrogen and oxygen atoms in total. The summed E-state index contributed by atoms with van der Waals surface area (Å²) in [5.41, 5.74) is 5.78. The van der Waals surface area contributed by atoms with Crippen molar-refractivity contribution in [2.75, 3.05) is 22.1 Å². The number of hydrogen-bond acceptors (Lipinski definition) is 6. The number of thioether (sulfide) groups is 2. The third-order valence-corrected chi connectivity index (χ3v) is 7.18. The highest BCUT2D eigenvalue weighted by Crippen LogP contribution is 2.30. The zero-order valence-corrected chi connectivity index (χ0v) is 21.7. The predicted octanol–water partition coefficient (Wildman–Crippen LogP) is 6.22. The molecule has 2 aromatic carbocycles. The zero-order chi connectivity index (χ0) is 25.3. The van der Waals surface area contributed by atoms with Gasteiger partial charge in [0.25, 0.3) is 0 Å². The molecule has 182 valence electrons. The molecule has 2 heterocycles. The Kier molecular flexibility index (Phi) is 8.76. The van der Waals surface area contributed by atoms with E-state index in [0.29, 0.717) is 11.5 Å². The first-order chi connectivity index (χ1) is 17.5. The van der Waals surface area contributed by atoms with E-state index in [9.17, 15) is 9.59 Å². The van der Waals surface area contributed by atoms with E-state index in [4.69, 9.17) is 0 Å². The number of anilines is 2. The summed E-state index contributed by atoms with van der Waals surface area (Å²) in [7, 11) is 0. The molecule has 2 amide bonds. The minimum Gasteiger partial charge on any atom is -0.325 e. The maximum atomic E-state index is 12.4. The van der Waals surface area contributed by atoms with Crippen LogP contribution in [0.25, 0.3) is 11.1 Å². The molecule has 2 N–H and O–H groups in total. The van der Waals surface area contributed by atoms with Crippen LogP contribution in [0.15, 0.2) is 95.2 Å². The summed E-state index contributed by atoms with van der Waals surface area (Å²) in [6, 6.07) is 23.1.